The van der Waals surface area contributed by atoms with Gasteiger partial charge >= 0.3 is 0 Å². The van der Waals surface area contributed by atoms with Gasteiger partial charge in [-0.25, -0.2) is 4.98 Å². The molecule has 0 aliphatic rings. The molecule has 19 heavy (non-hydrogen) atoms. The van der Waals surface area contributed by atoms with Gasteiger partial charge in [-0.2, -0.15) is 5.26 Å². The first kappa shape index (κ1) is 13.7. The van der Waals surface area contributed by atoms with E-state index in [2.05, 4.69) is 16.0 Å². The fourth-order valence-corrected chi connectivity index (χ4v) is 2.72. The summed E-state index contributed by atoms with van der Waals surface area (Å²) in [5.41, 5.74) is 2.06. The minimum Gasteiger partial charge on any atom is -0.353 e. The lowest BCUT2D eigenvalue weighted by Crippen LogP contribution is -2.26. The lowest BCUT2D eigenvalue weighted by molar-refractivity contribution is 0.468. The topological polar surface area (TPSA) is 74.5 Å². The number of nitrogens with one attached hydrogen (secondary N) is 1. The van der Waals surface area contributed by atoms with E-state index in [1.165, 1.54) is 11.8 Å². The molecule has 1 unspecified atom stereocenters. The summed E-state index contributed by atoms with van der Waals surface area (Å²) in [6.07, 6.45) is 0.840. The summed E-state index contributed by atoms with van der Waals surface area (Å²) < 4.78 is 1.68. The van der Waals surface area contributed by atoms with Crippen molar-refractivity contribution in [1.29, 1.82) is 5.26 Å². The Hall–Kier alpha value is -1.74. The standard InChI is InChI=1S/C13H16N4OS/c1-4-9(3)17-12(18)11-10(7-8(2)15-11)16-13(17)19-6-5-14/h7,9,15H,4,6H2,1-3H3. The zero-order chi connectivity index (χ0) is 14.0. The van der Waals surface area contributed by atoms with Crippen LogP contribution in [0, 0.1) is 18.3 Å². The van der Waals surface area contributed by atoms with E-state index in [0.29, 0.717) is 16.2 Å². The lowest BCUT2D eigenvalue weighted by atomic mass is 10.2. The van der Waals surface area contributed by atoms with Gasteiger partial charge in [-0.3, -0.25) is 9.36 Å². The maximum atomic E-state index is 12.5. The third-order valence-corrected chi connectivity index (χ3v) is 3.90. The quantitative estimate of drug-likeness (QED) is 0.688. The van der Waals surface area contributed by atoms with Crippen LogP contribution in [0.5, 0.6) is 0 Å². The van der Waals surface area contributed by atoms with Crippen LogP contribution in [-0.2, 0) is 0 Å². The van der Waals surface area contributed by atoms with Crippen molar-refractivity contribution in [1.82, 2.24) is 14.5 Å². The molecule has 0 aliphatic carbocycles. The number of hydrogen-bond donors (Lipinski definition) is 1. The van der Waals surface area contributed by atoms with Crippen LogP contribution in [-0.4, -0.2) is 20.3 Å². The monoisotopic (exact) mass is 276 g/mol. The number of fused-ring (bicyclic) bond motifs is 1. The van der Waals surface area contributed by atoms with E-state index in [9.17, 15) is 4.79 Å². The number of aryl methyl sites for hydroxylation is 1. The molecule has 2 rings (SSSR count). The zero-order valence-corrected chi connectivity index (χ0v) is 12.0. The van der Waals surface area contributed by atoms with Crippen LogP contribution in [0.4, 0.5) is 0 Å². The SMILES string of the molecule is CCC(C)n1c(SCC#N)nc2cc(C)[nH]c2c1=O. The number of rotatable bonds is 4. The highest BCUT2D eigenvalue weighted by Crippen LogP contribution is 2.22. The summed E-state index contributed by atoms with van der Waals surface area (Å²) >= 11 is 1.31. The van der Waals surface area contributed by atoms with E-state index in [1.54, 1.807) is 4.57 Å². The largest absolute Gasteiger partial charge is 0.353 e. The number of nitriles is 1. The Kier molecular flexibility index (Phi) is 3.96. The van der Waals surface area contributed by atoms with Crippen LogP contribution in [0.1, 0.15) is 32.0 Å². The van der Waals surface area contributed by atoms with Gasteiger partial charge in [0, 0.05) is 11.7 Å². The highest BCUT2D eigenvalue weighted by atomic mass is 32.2. The molecule has 0 spiro atoms. The Morgan fingerprint density at radius 2 is 2.37 bits per heavy atom. The first-order chi connectivity index (χ1) is 9.08. The second-order valence-electron chi connectivity index (χ2n) is 4.49. The Labute approximate surface area is 115 Å². The summed E-state index contributed by atoms with van der Waals surface area (Å²) in [6.45, 7) is 5.91. The highest BCUT2D eigenvalue weighted by molar-refractivity contribution is 7.99. The predicted octanol–water partition coefficient (Wildman–Crippen LogP) is 2.62. The molecule has 2 heterocycles. The zero-order valence-electron chi connectivity index (χ0n) is 11.2. The maximum Gasteiger partial charge on any atom is 0.278 e. The molecule has 0 amide bonds. The molecule has 1 atom stereocenters. The second kappa shape index (κ2) is 5.49. The molecule has 1 N–H and O–H groups in total. The number of aromatic amines is 1. The van der Waals surface area contributed by atoms with Gasteiger partial charge < -0.3 is 4.98 Å². The molecule has 2 aromatic heterocycles. The molecule has 0 aliphatic heterocycles. The van der Waals surface area contributed by atoms with E-state index >= 15 is 0 Å². The molecular weight excluding hydrogens is 260 g/mol. The molecule has 0 saturated heterocycles. The minimum absolute atomic E-state index is 0.0621. The van der Waals surface area contributed by atoms with Crippen LogP contribution >= 0.6 is 11.8 Å². The minimum atomic E-state index is -0.0621. The van der Waals surface area contributed by atoms with Crippen LogP contribution in [0.25, 0.3) is 11.0 Å². The molecule has 0 radical (unpaired) electrons. The summed E-state index contributed by atoms with van der Waals surface area (Å²) in [4.78, 5) is 20.1. The number of aromatic nitrogens is 3. The molecule has 5 nitrogen and oxygen atoms in total. The average Bonchev–Trinajstić information content (AvgIpc) is 2.76. The summed E-state index contributed by atoms with van der Waals surface area (Å²) in [7, 11) is 0. The van der Waals surface area contributed by atoms with E-state index in [4.69, 9.17) is 5.26 Å². The van der Waals surface area contributed by atoms with Crippen LogP contribution < -0.4 is 5.56 Å². The van der Waals surface area contributed by atoms with Gasteiger partial charge in [0.05, 0.1) is 17.3 Å². The van der Waals surface area contributed by atoms with Crippen molar-refractivity contribution < 1.29 is 0 Å². The van der Waals surface area contributed by atoms with Gasteiger partial charge in [-0.05, 0) is 26.3 Å². The number of nitrogens with zero attached hydrogens (tertiary/aromatic N) is 3. The van der Waals surface area contributed by atoms with Crippen molar-refractivity contribution in [2.75, 3.05) is 5.75 Å². The maximum absolute atomic E-state index is 12.5. The molecule has 100 valence electrons. The van der Waals surface area contributed by atoms with Gasteiger partial charge in [0.1, 0.15) is 5.52 Å². The Bertz CT molecular complexity index is 695. The first-order valence-electron chi connectivity index (χ1n) is 6.20. The van der Waals surface area contributed by atoms with Crippen LogP contribution in [0.2, 0.25) is 0 Å². The number of H-pyrrole nitrogens is 1. The van der Waals surface area contributed by atoms with Crippen LogP contribution in [0.3, 0.4) is 0 Å². The summed E-state index contributed by atoms with van der Waals surface area (Å²) in [5, 5.41) is 9.33. The van der Waals surface area contributed by atoms with Gasteiger partial charge in [-0.15, -0.1) is 0 Å². The van der Waals surface area contributed by atoms with Gasteiger partial charge in [0.25, 0.3) is 5.56 Å². The predicted molar refractivity (Wildman–Crippen MR) is 76.4 cm³/mol. The van der Waals surface area contributed by atoms with E-state index in [0.717, 1.165) is 12.1 Å². The molecule has 0 bridgehead atoms. The van der Waals surface area contributed by atoms with E-state index in [1.807, 2.05) is 26.8 Å². The fraction of sp³-hybridized carbons (Fsp3) is 0.462. The number of thioether (sulfide) groups is 1. The van der Waals surface area contributed by atoms with Crippen molar-refractivity contribution in [2.24, 2.45) is 0 Å². The third kappa shape index (κ3) is 2.51. The van der Waals surface area contributed by atoms with Crippen molar-refractivity contribution >= 4 is 22.8 Å². The molecule has 0 saturated carbocycles. The van der Waals surface area contributed by atoms with Crippen molar-refractivity contribution in [3.63, 3.8) is 0 Å². The molecular formula is C13H16N4OS. The Balaban J connectivity index is 2.69. The fourth-order valence-electron chi connectivity index (χ4n) is 1.96. The molecule has 2 aromatic rings. The highest BCUT2D eigenvalue weighted by Gasteiger charge is 2.16. The summed E-state index contributed by atoms with van der Waals surface area (Å²) in [5.74, 6) is 0.289. The van der Waals surface area contributed by atoms with Gasteiger partial charge in [0.15, 0.2) is 5.16 Å². The average molecular weight is 276 g/mol. The third-order valence-electron chi connectivity index (χ3n) is 3.08. The summed E-state index contributed by atoms with van der Waals surface area (Å²) in [6, 6.07) is 3.99. The number of hydrogen-bond acceptors (Lipinski definition) is 4. The van der Waals surface area contributed by atoms with Crippen molar-refractivity contribution in [3.05, 3.63) is 22.1 Å². The smallest absolute Gasteiger partial charge is 0.278 e. The van der Waals surface area contributed by atoms with Gasteiger partial charge in [0.2, 0.25) is 0 Å². The van der Waals surface area contributed by atoms with E-state index < -0.39 is 0 Å². The Morgan fingerprint density at radius 3 is 3.00 bits per heavy atom. The van der Waals surface area contributed by atoms with Crippen molar-refractivity contribution in [2.45, 2.75) is 38.4 Å². The molecule has 0 fully saturated rings. The first-order valence-corrected chi connectivity index (χ1v) is 7.18. The van der Waals surface area contributed by atoms with Crippen molar-refractivity contribution in [3.8, 4) is 6.07 Å². The normalized spacial score (nSPS) is 12.5. The van der Waals surface area contributed by atoms with Gasteiger partial charge in [-0.1, -0.05) is 18.7 Å². The van der Waals surface area contributed by atoms with E-state index in [-0.39, 0.29) is 17.4 Å². The second-order valence-corrected chi connectivity index (χ2v) is 5.43. The Morgan fingerprint density at radius 1 is 1.63 bits per heavy atom. The lowest BCUT2D eigenvalue weighted by Gasteiger charge is -2.16. The molecule has 0 aromatic carbocycles. The molecule has 6 heteroatoms. The van der Waals surface area contributed by atoms with Crippen LogP contribution in [0.15, 0.2) is 16.0 Å².